The van der Waals surface area contributed by atoms with E-state index in [9.17, 15) is 13.2 Å². The van der Waals surface area contributed by atoms with E-state index in [1.807, 2.05) is 31.2 Å². The summed E-state index contributed by atoms with van der Waals surface area (Å²) in [5, 5.41) is 0. The van der Waals surface area contributed by atoms with Gasteiger partial charge in [-0.1, -0.05) is 35.9 Å². The number of hydrogen-bond donors (Lipinski definition) is 0. The lowest BCUT2D eigenvalue weighted by Gasteiger charge is -2.23. The zero-order valence-electron chi connectivity index (χ0n) is 16.5. The molecule has 0 amide bonds. The molecule has 0 radical (unpaired) electrons. The first-order chi connectivity index (χ1) is 13.7. The number of carbonyl (C=O) groups excluding carboxylic acids is 1. The number of anilines is 1. The fourth-order valence-corrected chi connectivity index (χ4v) is 3.65. The summed E-state index contributed by atoms with van der Waals surface area (Å²) in [6.45, 7) is 3.23. The van der Waals surface area contributed by atoms with Crippen molar-refractivity contribution in [2.24, 2.45) is 0 Å². The van der Waals surface area contributed by atoms with E-state index in [0.29, 0.717) is 17.3 Å². The van der Waals surface area contributed by atoms with Crippen LogP contribution in [0.2, 0.25) is 0 Å². The third-order valence-corrected chi connectivity index (χ3v) is 5.41. The van der Waals surface area contributed by atoms with Crippen molar-refractivity contribution in [2.75, 3.05) is 17.1 Å². The molecule has 7 nitrogen and oxygen atoms in total. The highest BCUT2D eigenvalue weighted by molar-refractivity contribution is 7.92. The van der Waals surface area contributed by atoms with Gasteiger partial charge in [0.2, 0.25) is 15.9 Å². The molecule has 0 fully saturated rings. The SMILES string of the molecule is Cc1ccc(-c2nc(COC(=O)CN(c3ccccc3C)S(C)(=O)=O)co2)cc1. The maximum Gasteiger partial charge on any atom is 0.327 e. The van der Waals surface area contributed by atoms with E-state index < -0.39 is 22.5 Å². The quantitative estimate of drug-likeness (QED) is 0.550. The Kier molecular flexibility index (Phi) is 6.03. The molecule has 1 aromatic heterocycles. The Hall–Kier alpha value is -3.13. The zero-order chi connectivity index (χ0) is 21.0. The summed E-state index contributed by atoms with van der Waals surface area (Å²) in [7, 11) is -3.66. The molecular weight excluding hydrogens is 392 g/mol. The van der Waals surface area contributed by atoms with Gasteiger partial charge in [0, 0.05) is 5.56 Å². The molecule has 152 valence electrons. The molecule has 0 bridgehead atoms. The fraction of sp³-hybridized carbons (Fsp3) is 0.238. The van der Waals surface area contributed by atoms with Crippen LogP contribution in [0.25, 0.3) is 11.5 Å². The molecule has 8 heteroatoms. The Bertz CT molecular complexity index is 1100. The molecule has 0 atom stereocenters. The summed E-state index contributed by atoms with van der Waals surface area (Å²) in [6, 6.07) is 14.6. The van der Waals surface area contributed by atoms with Crippen molar-refractivity contribution in [1.82, 2.24) is 4.98 Å². The van der Waals surface area contributed by atoms with Crippen LogP contribution in [0.1, 0.15) is 16.8 Å². The maximum atomic E-state index is 12.3. The Morgan fingerprint density at radius 2 is 1.79 bits per heavy atom. The van der Waals surface area contributed by atoms with Gasteiger partial charge in [-0.3, -0.25) is 9.10 Å². The molecule has 0 saturated heterocycles. The lowest BCUT2D eigenvalue weighted by Crippen LogP contribution is -2.36. The molecule has 3 rings (SSSR count). The highest BCUT2D eigenvalue weighted by Gasteiger charge is 2.23. The number of para-hydroxylation sites is 1. The van der Waals surface area contributed by atoms with Gasteiger partial charge in [-0.15, -0.1) is 0 Å². The average molecular weight is 414 g/mol. The number of aromatic nitrogens is 1. The standard InChI is InChI=1S/C21H22N2O5S/c1-15-8-10-17(11-9-15)21-22-18(14-28-21)13-27-20(24)12-23(29(3,25)26)19-7-5-4-6-16(19)2/h4-11,14H,12-13H2,1-3H3. The smallest absolute Gasteiger partial charge is 0.327 e. The number of hydrogen-bond acceptors (Lipinski definition) is 6. The number of nitrogens with zero attached hydrogens (tertiary/aromatic N) is 2. The molecule has 0 aliphatic rings. The van der Waals surface area contributed by atoms with Crippen LogP contribution in [0.4, 0.5) is 5.69 Å². The minimum absolute atomic E-state index is 0.112. The summed E-state index contributed by atoms with van der Waals surface area (Å²) in [4.78, 5) is 16.6. The zero-order valence-corrected chi connectivity index (χ0v) is 17.3. The summed E-state index contributed by atoms with van der Waals surface area (Å²) in [5.41, 5.74) is 3.56. The Balaban J connectivity index is 1.66. The van der Waals surface area contributed by atoms with Crippen molar-refractivity contribution in [3.05, 3.63) is 71.6 Å². The maximum absolute atomic E-state index is 12.3. The van der Waals surface area contributed by atoms with Crippen LogP contribution in [0, 0.1) is 13.8 Å². The van der Waals surface area contributed by atoms with Crippen molar-refractivity contribution in [1.29, 1.82) is 0 Å². The molecule has 0 unspecified atom stereocenters. The van der Waals surface area contributed by atoms with Gasteiger partial charge in [0.05, 0.1) is 11.9 Å². The molecule has 0 aliphatic heterocycles. The summed E-state index contributed by atoms with van der Waals surface area (Å²) in [5.74, 6) is -0.257. The van der Waals surface area contributed by atoms with E-state index in [4.69, 9.17) is 9.15 Å². The lowest BCUT2D eigenvalue weighted by molar-refractivity contribution is -0.143. The first-order valence-electron chi connectivity index (χ1n) is 8.94. The largest absolute Gasteiger partial charge is 0.458 e. The number of sulfonamides is 1. The number of esters is 1. The second kappa shape index (κ2) is 8.48. The number of benzene rings is 2. The summed E-state index contributed by atoms with van der Waals surface area (Å²) >= 11 is 0. The van der Waals surface area contributed by atoms with Crippen LogP contribution in [-0.2, 0) is 26.2 Å². The van der Waals surface area contributed by atoms with E-state index in [0.717, 1.165) is 27.3 Å². The normalized spacial score (nSPS) is 11.3. The van der Waals surface area contributed by atoms with Crippen LogP contribution >= 0.6 is 0 Å². The monoisotopic (exact) mass is 414 g/mol. The van der Waals surface area contributed by atoms with Gasteiger partial charge in [0.15, 0.2) is 0 Å². The average Bonchev–Trinajstić information content (AvgIpc) is 3.14. The van der Waals surface area contributed by atoms with Gasteiger partial charge in [0.1, 0.15) is 25.1 Å². The van der Waals surface area contributed by atoms with Crippen LogP contribution in [0.5, 0.6) is 0 Å². The molecule has 0 N–H and O–H groups in total. The van der Waals surface area contributed by atoms with Crippen LogP contribution in [-0.4, -0.2) is 32.2 Å². The third-order valence-electron chi connectivity index (χ3n) is 4.29. The lowest BCUT2D eigenvalue weighted by atomic mass is 10.1. The van der Waals surface area contributed by atoms with E-state index >= 15 is 0 Å². The number of rotatable bonds is 7. The van der Waals surface area contributed by atoms with Crippen LogP contribution < -0.4 is 4.31 Å². The van der Waals surface area contributed by atoms with E-state index in [-0.39, 0.29) is 6.61 Å². The van der Waals surface area contributed by atoms with Gasteiger partial charge in [-0.05, 0) is 37.6 Å². The first kappa shape index (κ1) is 20.6. The Morgan fingerprint density at radius 1 is 1.10 bits per heavy atom. The van der Waals surface area contributed by atoms with Gasteiger partial charge in [0.25, 0.3) is 0 Å². The Labute approximate surface area is 170 Å². The molecule has 3 aromatic rings. The van der Waals surface area contributed by atoms with Gasteiger partial charge >= 0.3 is 5.97 Å². The molecule has 1 heterocycles. The number of aryl methyl sites for hydroxylation is 2. The topological polar surface area (TPSA) is 89.7 Å². The van der Waals surface area contributed by atoms with Crippen LogP contribution in [0.15, 0.2) is 59.2 Å². The van der Waals surface area contributed by atoms with Gasteiger partial charge in [-0.25, -0.2) is 13.4 Å². The number of oxazole rings is 1. The highest BCUT2D eigenvalue weighted by Crippen LogP contribution is 2.22. The molecule has 0 aliphatic carbocycles. The minimum Gasteiger partial charge on any atom is -0.458 e. The molecular formula is C21H22N2O5S. The van der Waals surface area contributed by atoms with Crippen molar-refractivity contribution in [2.45, 2.75) is 20.5 Å². The molecule has 2 aromatic carbocycles. The third kappa shape index (κ3) is 5.23. The summed E-state index contributed by atoms with van der Waals surface area (Å²) in [6.07, 6.45) is 2.47. The minimum atomic E-state index is -3.66. The Morgan fingerprint density at radius 3 is 2.45 bits per heavy atom. The van der Waals surface area contributed by atoms with Crippen LogP contribution in [0.3, 0.4) is 0 Å². The predicted octanol–water partition coefficient (Wildman–Crippen LogP) is 3.47. The highest BCUT2D eigenvalue weighted by atomic mass is 32.2. The number of carbonyl (C=O) groups is 1. The van der Waals surface area contributed by atoms with E-state index in [1.165, 1.54) is 6.26 Å². The van der Waals surface area contributed by atoms with Crippen molar-refractivity contribution < 1.29 is 22.4 Å². The second-order valence-electron chi connectivity index (χ2n) is 6.73. The van der Waals surface area contributed by atoms with Gasteiger partial charge in [-0.2, -0.15) is 0 Å². The molecule has 0 spiro atoms. The summed E-state index contributed by atoms with van der Waals surface area (Å²) < 4.78 is 36.0. The van der Waals surface area contributed by atoms with Crippen molar-refractivity contribution in [3.63, 3.8) is 0 Å². The molecule has 0 saturated carbocycles. The first-order valence-corrected chi connectivity index (χ1v) is 10.8. The fourth-order valence-electron chi connectivity index (χ4n) is 2.74. The predicted molar refractivity (Wildman–Crippen MR) is 110 cm³/mol. The van der Waals surface area contributed by atoms with Crippen molar-refractivity contribution >= 4 is 21.7 Å². The number of ether oxygens (including phenoxy) is 1. The van der Waals surface area contributed by atoms with Crippen molar-refractivity contribution in [3.8, 4) is 11.5 Å². The second-order valence-corrected chi connectivity index (χ2v) is 8.63. The molecule has 29 heavy (non-hydrogen) atoms. The van der Waals surface area contributed by atoms with Gasteiger partial charge < -0.3 is 9.15 Å². The van der Waals surface area contributed by atoms with E-state index in [1.54, 1.807) is 31.2 Å². The van der Waals surface area contributed by atoms with E-state index in [2.05, 4.69) is 4.98 Å².